The fraction of sp³-hybridized carbons (Fsp3) is 0.0769. The Hall–Kier alpha value is -1.25. The Balaban J connectivity index is 2.08. The Morgan fingerprint density at radius 1 is 1.00 bits per heavy atom. The molecule has 0 saturated carbocycles. The Kier molecular flexibility index (Phi) is 3.87. The van der Waals surface area contributed by atoms with Gasteiger partial charge in [-0.15, -0.1) is 0 Å². The maximum absolute atomic E-state index is 13.2. The van der Waals surface area contributed by atoms with Crippen LogP contribution in [0, 0.1) is 5.82 Å². The van der Waals surface area contributed by atoms with Crippen LogP contribution in [0.15, 0.2) is 42.5 Å². The van der Waals surface area contributed by atoms with E-state index in [-0.39, 0.29) is 5.02 Å². The molecule has 4 heteroatoms. The summed E-state index contributed by atoms with van der Waals surface area (Å²) >= 11 is 11.6. The molecular formula is C13H10Cl2FN. The number of para-hydroxylation sites is 1. The van der Waals surface area contributed by atoms with Crippen LogP contribution in [-0.4, -0.2) is 0 Å². The number of anilines is 1. The number of nitrogens with one attached hydrogen (secondary N) is 1. The van der Waals surface area contributed by atoms with Crippen molar-refractivity contribution in [3.05, 3.63) is 63.9 Å². The second-order valence-electron chi connectivity index (χ2n) is 3.58. The lowest BCUT2D eigenvalue weighted by atomic mass is 10.2. The Bertz CT molecular complexity index is 529. The predicted octanol–water partition coefficient (Wildman–Crippen LogP) is 4.74. The molecule has 0 fully saturated rings. The van der Waals surface area contributed by atoms with Crippen LogP contribution in [0.5, 0.6) is 0 Å². The summed E-state index contributed by atoms with van der Waals surface area (Å²) in [5, 5.41) is 3.91. The standard InChI is InChI=1S/C13H10Cl2FN/c14-10-6-5-9(7-12(10)16)8-17-13-4-2-1-3-11(13)15/h1-7,17H,8H2. The van der Waals surface area contributed by atoms with Crippen molar-refractivity contribution in [2.24, 2.45) is 0 Å². The minimum absolute atomic E-state index is 0.131. The Labute approximate surface area is 109 Å². The third-order valence-electron chi connectivity index (χ3n) is 2.34. The van der Waals surface area contributed by atoms with Gasteiger partial charge in [-0.1, -0.05) is 41.4 Å². The zero-order valence-electron chi connectivity index (χ0n) is 8.88. The molecule has 0 saturated heterocycles. The normalized spacial score (nSPS) is 10.3. The molecule has 2 aromatic carbocycles. The molecule has 0 aliphatic rings. The molecule has 0 atom stereocenters. The quantitative estimate of drug-likeness (QED) is 0.849. The van der Waals surface area contributed by atoms with Crippen LogP contribution < -0.4 is 5.32 Å². The molecule has 0 unspecified atom stereocenters. The summed E-state index contributed by atoms with van der Waals surface area (Å²) in [7, 11) is 0. The van der Waals surface area contributed by atoms with Gasteiger partial charge in [-0.3, -0.25) is 0 Å². The molecule has 2 aromatic rings. The van der Waals surface area contributed by atoms with Crippen molar-refractivity contribution < 1.29 is 4.39 Å². The Morgan fingerprint density at radius 3 is 2.47 bits per heavy atom. The van der Waals surface area contributed by atoms with Crippen molar-refractivity contribution in [3.63, 3.8) is 0 Å². The maximum Gasteiger partial charge on any atom is 0.142 e. The SMILES string of the molecule is Fc1cc(CNc2ccccc2Cl)ccc1Cl. The van der Waals surface area contributed by atoms with Crippen molar-refractivity contribution in [3.8, 4) is 0 Å². The van der Waals surface area contributed by atoms with Gasteiger partial charge in [0.2, 0.25) is 0 Å². The zero-order chi connectivity index (χ0) is 12.3. The summed E-state index contributed by atoms with van der Waals surface area (Å²) in [6.45, 7) is 0.498. The molecule has 0 amide bonds. The molecule has 1 nitrogen and oxygen atoms in total. The van der Waals surface area contributed by atoms with Crippen LogP contribution in [0.2, 0.25) is 10.0 Å². The first-order valence-corrected chi connectivity index (χ1v) is 5.85. The lowest BCUT2D eigenvalue weighted by molar-refractivity contribution is 0.626. The van der Waals surface area contributed by atoms with E-state index in [1.165, 1.54) is 6.07 Å². The highest BCUT2D eigenvalue weighted by atomic mass is 35.5. The van der Waals surface area contributed by atoms with Crippen LogP contribution in [0.1, 0.15) is 5.56 Å². The molecule has 0 aliphatic carbocycles. The fourth-order valence-electron chi connectivity index (χ4n) is 1.45. The van der Waals surface area contributed by atoms with Crippen LogP contribution in [0.3, 0.4) is 0 Å². The topological polar surface area (TPSA) is 12.0 Å². The highest BCUT2D eigenvalue weighted by Crippen LogP contribution is 2.22. The summed E-state index contributed by atoms with van der Waals surface area (Å²) in [4.78, 5) is 0. The van der Waals surface area contributed by atoms with Crippen molar-refractivity contribution in [1.82, 2.24) is 0 Å². The van der Waals surface area contributed by atoms with Crippen LogP contribution in [-0.2, 0) is 6.54 Å². The van der Waals surface area contributed by atoms with E-state index in [9.17, 15) is 4.39 Å². The van der Waals surface area contributed by atoms with E-state index >= 15 is 0 Å². The smallest absolute Gasteiger partial charge is 0.142 e. The average Bonchev–Trinajstić information content (AvgIpc) is 2.32. The molecular weight excluding hydrogens is 260 g/mol. The molecule has 0 aromatic heterocycles. The second-order valence-corrected chi connectivity index (χ2v) is 4.40. The highest BCUT2D eigenvalue weighted by molar-refractivity contribution is 6.33. The fourth-order valence-corrected chi connectivity index (χ4v) is 1.77. The monoisotopic (exact) mass is 269 g/mol. The first-order valence-electron chi connectivity index (χ1n) is 5.09. The molecule has 17 heavy (non-hydrogen) atoms. The first kappa shape index (κ1) is 12.2. The van der Waals surface area contributed by atoms with Gasteiger partial charge in [0, 0.05) is 6.54 Å². The van der Waals surface area contributed by atoms with Gasteiger partial charge in [-0.05, 0) is 29.8 Å². The van der Waals surface area contributed by atoms with E-state index in [1.54, 1.807) is 18.2 Å². The van der Waals surface area contributed by atoms with Gasteiger partial charge in [0.05, 0.1) is 15.7 Å². The largest absolute Gasteiger partial charge is 0.380 e. The van der Waals surface area contributed by atoms with Gasteiger partial charge in [0.1, 0.15) is 5.82 Å². The van der Waals surface area contributed by atoms with Crippen LogP contribution in [0.25, 0.3) is 0 Å². The van der Waals surface area contributed by atoms with E-state index < -0.39 is 5.82 Å². The van der Waals surface area contributed by atoms with E-state index in [4.69, 9.17) is 23.2 Å². The molecule has 2 rings (SSSR count). The average molecular weight is 270 g/mol. The van der Waals surface area contributed by atoms with Crippen LogP contribution >= 0.6 is 23.2 Å². The summed E-state index contributed by atoms with van der Waals surface area (Å²) in [6.07, 6.45) is 0. The maximum atomic E-state index is 13.2. The van der Waals surface area contributed by atoms with Crippen LogP contribution in [0.4, 0.5) is 10.1 Å². The minimum Gasteiger partial charge on any atom is -0.380 e. The van der Waals surface area contributed by atoms with E-state index in [2.05, 4.69) is 5.32 Å². The first-order chi connectivity index (χ1) is 8.16. The number of halogens is 3. The summed E-state index contributed by atoms with van der Waals surface area (Å²) in [5.41, 5.74) is 1.64. The van der Waals surface area contributed by atoms with Gasteiger partial charge >= 0.3 is 0 Å². The minimum atomic E-state index is -0.412. The predicted molar refractivity (Wildman–Crippen MR) is 70.2 cm³/mol. The second kappa shape index (κ2) is 5.39. The van der Waals surface area contributed by atoms with Crippen molar-refractivity contribution in [1.29, 1.82) is 0 Å². The third-order valence-corrected chi connectivity index (χ3v) is 2.98. The van der Waals surface area contributed by atoms with Gasteiger partial charge in [-0.25, -0.2) is 4.39 Å². The van der Waals surface area contributed by atoms with E-state index in [0.29, 0.717) is 11.6 Å². The lowest BCUT2D eigenvalue weighted by Gasteiger charge is -2.08. The zero-order valence-corrected chi connectivity index (χ0v) is 10.4. The Morgan fingerprint density at radius 2 is 1.76 bits per heavy atom. The molecule has 0 aliphatic heterocycles. The van der Waals surface area contributed by atoms with Crippen molar-refractivity contribution in [2.75, 3.05) is 5.32 Å². The lowest BCUT2D eigenvalue weighted by Crippen LogP contribution is -2.00. The molecule has 0 heterocycles. The summed E-state index contributed by atoms with van der Waals surface area (Å²) in [5.74, 6) is -0.412. The molecule has 1 N–H and O–H groups in total. The number of rotatable bonds is 3. The van der Waals surface area contributed by atoms with E-state index in [0.717, 1.165) is 11.3 Å². The molecule has 0 spiro atoms. The highest BCUT2D eigenvalue weighted by Gasteiger charge is 2.02. The van der Waals surface area contributed by atoms with Crippen molar-refractivity contribution in [2.45, 2.75) is 6.54 Å². The van der Waals surface area contributed by atoms with Gasteiger partial charge in [-0.2, -0.15) is 0 Å². The molecule has 88 valence electrons. The van der Waals surface area contributed by atoms with Gasteiger partial charge < -0.3 is 5.32 Å². The van der Waals surface area contributed by atoms with Gasteiger partial charge in [0.25, 0.3) is 0 Å². The number of hydrogen-bond donors (Lipinski definition) is 1. The van der Waals surface area contributed by atoms with E-state index in [1.807, 2.05) is 18.2 Å². The summed E-state index contributed by atoms with van der Waals surface area (Å²) in [6, 6.07) is 12.1. The van der Waals surface area contributed by atoms with Gasteiger partial charge in [0.15, 0.2) is 0 Å². The third kappa shape index (κ3) is 3.11. The van der Waals surface area contributed by atoms with Crippen molar-refractivity contribution >= 4 is 28.9 Å². The number of hydrogen-bond acceptors (Lipinski definition) is 1. The molecule has 0 radical (unpaired) electrons. The number of benzene rings is 2. The summed E-state index contributed by atoms with van der Waals surface area (Å²) < 4.78 is 13.2. The molecule has 0 bridgehead atoms.